The number of hydrogen-bond donors (Lipinski definition) is 2. The van der Waals surface area contributed by atoms with Crippen LogP contribution < -0.4 is 15.4 Å². The molecule has 1 aliphatic rings. The van der Waals surface area contributed by atoms with Crippen LogP contribution in [0.3, 0.4) is 0 Å². The number of benzene rings is 2. The lowest BCUT2D eigenvalue weighted by atomic mass is 9.82. The van der Waals surface area contributed by atoms with E-state index in [0.29, 0.717) is 18.9 Å². The van der Waals surface area contributed by atoms with Gasteiger partial charge in [0.15, 0.2) is 0 Å². The van der Waals surface area contributed by atoms with Crippen LogP contribution in [0.1, 0.15) is 50.3 Å². The topological polar surface area (TPSA) is 50.4 Å². The zero-order valence-electron chi connectivity index (χ0n) is 16.1. The summed E-state index contributed by atoms with van der Waals surface area (Å²) >= 11 is 0. The van der Waals surface area contributed by atoms with Crippen LogP contribution in [0.2, 0.25) is 0 Å². The van der Waals surface area contributed by atoms with E-state index in [-0.39, 0.29) is 17.2 Å². The number of ether oxygens (including phenoxy) is 1. The van der Waals surface area contributed by atoms with Crippen molar-refractivity contribution in [2.45, 2.75) is 45.6 Å². The number of rotatable bonds is 4. The molecule has 3 rings (SSSR count). The lowest BCUT2D eigenvalue weighted by Crippen LogP contribution is -2.35. The number of amides is 1. The highest BCUT2D eigenvalue weighted by Crippen LogP contribution is 2.31. The second kappa shape index (κ2) is 7.50. The first-order chi connectivity index (χ1) is 12.4. The summed E-state index contributed by atoms with van der Waals surface area (Å²) in [6.07, 6.45) is 0. The van der Waals surface area contributed by atoms with Gasteiger partial charge in [-0.3, -0.25) is 4.79 Å². The van der Waals surface area contributed by atoms with Gasteiger partial charge in [0.2, 0.25) is 5.91 Å². The molecule has 26 heavy (non-hydrogen) atoms. The molecule has 1 amide bonds. The first-order valence-corrected chi connectivity index (χ1v) is 9.27. The van der Waals surface area contributed by atoms with E-state index in [2.05, 4.69) is 49.6 Å². The van der Waals surface area contributed by atoms with Gasteiger partial charge < -0.3 is 15.4 Å². The van der Waals surface area contributed by atoms with E-state index >= 15 is 0 Å². The van der Waals surface area contributed by atoms with Gasteiger partial charge in [-0.2, -0.15) is 0 Å². The van der Waals surface area contributed by atoms with Crippen molar-refractivity contribution >= 4 is 11.6 Å². The Bertz CT molecular complexity index is 793. The van der Waals surface area contributed by atoms with Crippen LogP contribution in [-0.4, -0.2) is 19.1 Å². The van der Waals surface area contributed by atoms with Gasteiger partial charge in [-0.15, -0.1) is 0 Å². The van der Waals surface area contributed by atoms with Gasteiger partial charge in [0.05, 0.1) is 18.2 Å². The molecule has 4 heteroatoms. The largest absolute Gasteiger partial charge is 0.492 e. The lowest BCUT2D eigenvalue weighted by Gasteiger charge is -2.28. The minimum atomic E-state index is -0.206. The van der Waals surface area contributed by atoms with Crippen LogP contribution in [-0.2, 0) is 16.8 Å². The highest BCUT2D eigenvalue weighted by Gasteiger charge is 2.28. The summed E-state index contributed by atoms with van der Waals surface area (Å²) in [5.41, 5.74) is 4.43. The molecule has 0 saturated carbocycles. The minimum absolute atomic E-state index is 0.00545. The van der Waals surface area contributed by atoms with Crippen LogP contribution >= 0.6 is 0 Å². The molecule has 1 aliphatic heterocycles. The fourth-order valence-electron chi connectivity index (χ4n) is 3.33. The number of carbonyl (C=O) groups excluding carboxylic acids is 1. The minimum Gasteiger partial charge on any atom is -0.492 e. The summed E-state index contributed by atoms with van der Waals surface area (Å²) in [5.74, 6) is 0.493. The molecule has 2 aromatic rings. The van der Waals surface area contributed by atoms with Gasteiger partial charge >= 0.3 is 0 Å². The van der Waals surface area contributed by atoms with Crippen molar-refractivity contribution in [1.29, 1.82) is 0 Å². The molecule has 0 aromatic heterocycles. The Morgan fingerprint density at radius 3 is 2.73 bits per heavy atom. The zero-order chi connectivity index (χ0) is 18.7. The molecule has 1 atom stereocenters. The average molecular weight is 352 g/mol. The summed E-state index contributed by atoms with van der Waals surface area (Å²) < 4.78 is 5.62. The highest BCUT2D eigenvalue weighted by molar-refractivity contribution is 5.97. The van der Waals surface area contributed by atoms with Gasteiger partial charge in [-0.1, -0.05) is 51.1 Å². The molecule has 138 valence electrons. The van der Waals surface area contributed by atoms with E-state index in [1.165, 1.54) is 11.1 Å². The lowest BCUT2D eigenvalue weighted by molar-refractivity contribution is -0.117. The third-order valence-electron chi connectivity index (χ3n) is 4.81. The summed E-state index contributed by atoms with van der Waals surface area (Å²) in [6.45, 7) is 10.6. The van der Waals surface area contributed by atoms with Gasteiger partial charge in [0.1, 0.15) is 5.75 Å². The third-order valence-corrected chi connectivity index (χ3v) is 4.81. The molecule has 0 fully saturated rings. The van der Waals surface area contributed by atoms with Gasteiger partial charge in [-0.05, 0) is 41.2 Å². The maximum atomic E-state index is 13.0. The molecule has 0 bridgehead atoms. The molecular formula is C22H28N2O2. The van der Waals surface area contributed by atoms with Crippen molar-refractivity contribution in [2.24, 2.45) is 0 Å². The summed E-state index contributed by atoms with van der Waals surface area (Å²) in [4.78, 5) is 13.0. The second-order valence-corrected chi connectivity index (χ2v) is 7.77. The Hall–Kier alpha value is -2.33. The molecule has 0 spiro atoms. The first-order valence-electron chi connectivity index (χ1n) is 9.27. The predicted octanol–water partition coefficient (Wildman–Crippen LogP) is 4.21. The molecule has 4 nitrogen and oxygen atoms in total. The van der Waals surface area contributed by atoms with Crippen LogP contribution in [0.4, 0.5) is 5.69 Å². The zero-order valence-corrected chi connectivity index (χ0v) is 16.1. The fraction of sp³-hybridized carbons (Fsp3) is 0.409. The van der Waals surface area contributed by atoms with Crippen molar-refractivity contribution < 1.29 is 9.53 Å². The standard InChI is InChI=1S/C22H28N2O2/c1-5-26-20-9-7-6-8-19(20)24-21(25)18-14-23-13-15-12-16(22(2,3)4)10-11-17(15)18/h6-12,18,23H,5,13-14H2,1-4H3,(H,24,25). The Morgan fingerprint density at radius 1 is 1.23 bits per heavy atom. The van der Waals surface area contributed by atoms with E-state index in [9.17, 15) is 4.79 Å². The van der Waals surface area contributed by atoms with Crippen LogP contribution in [0, 0.1) is 0 Å². The molecule has 0 radical (unpaired) electrons. The van der Waals surface area contributed by atoms with Crippen LogP contribution in [0.5, 0.6) is 5.75 Å². The van der Waals surface area contributed by atoms with Crippen LogP contribution in [0.25, 0.3) is 0 Å². The second-order valence-electron chi connectivity index (χ2n) is 7.77. The maximum absolute atomic E-state index is 13.0. The number of anilines is 1. The van der Waals surface area contributed by atoms with Crippen molar-refractivity contribution in [3.8, 4) is 5.75 Å². The van der Waals surface area contributed by atoms with Gasteiger partial charge in [0, 0.05) is 13.1 Å². The Morgan fingerprint density at radius 2 is 2.00 bits per heavy atom. The summed E-state index contributed by atoms with van der Waals surface area (Å²) in [6, 6.07) is 14.1. The highest BCUT2D eigenvalue weighted by atomic mass is 16.5. The van der Waals surface area contributed by atoms with Crippen molar-refractivity contribution in [3.05, 3.63) is 59.2 Å². The smallest absolute Gasteiger partial charge is 0.233 e. The van der Waals surface area contributed by atoms with Gasteiger partial charge in [-0.25, -0.2) is 0 Å². The van der Waals surface area contributed by atoms with Gasteiger partial charge in [0.25, 0.3) is 0 Å². The quantitative estimate of drug-likeness (QED) is 0.867. The van der Waals surface area contributed by atoms with Crippen molar-refractivity contribution in [3.63, 3.8) is 0 Å². The van der Waals surface area contributed by atoms with E-state index in [4.69, 9.17) is 4.74 Å². The SMILES string of the molecule is CCOc1ccccc1NC(=O)C1CNCc2cc(C(C)(C)C)ccc21. The summed E-state index contributed by atoms with van der Waals surface area (Å²) in [5, 5.41) is 6.43. The number of carbonyl (C=O) groups is 1. The number of fused-ring (bicyclic) bond motifs is 1. The van der Waals surface area contributed by atoms with E-state index in [1.807, 2.05) is 31.2 Å². The molecule has 0 aliphatic carbocycles. The van der Waals surface area contributed by atoms with E-state index in [0.717, 1.165) is 17.8 Å². The van der Waals surface area contributed by atoms with Crippen LogP contribution in [0.15, 0.2) is 42.5 Å². The number of hydrogen-bond acceptors (Lipinski definition) is 3. The molecule has 0 saturated heterocycles. The summed E-state index contributed by atoms with van der Waals surface area (Å²) in [7, 11) is 0. The molecule has 2 aromatic carbocycles. The monoisotopic (exact) mass is 352 g/mol. The molecule has 1 unspecified atom stereocenters. The van der Waals surface area contributed by atoms with Crippen molar-refractivity contribution in [2.75, 3.05) is 18.5 Å². The fourth-order valence-corrected chi connectivity index (χ4v) is 3.33. The predicted molar refractivity (Wildman–Crippen MR) is 106 cm³/mol. The average Bonchev–Trinajstić information content (AvgIpc) is 2.61. The van der Waals surface area contributed by atoms with E-state index in [1.54, 1.807) is 0 Å². The molecule has 1 heterocycles. The number of nitrogens with one attached hydrogen (secondary N) is 2. The number of para-hydroxylation sites is 2. The molecule has 2 N–H and O–H groups in total. The first kappa shape index (κ1) is 18.5. The Balaban J connectivity index is 1.84. The Labute approximate surface area is 156 Å². The van der Waals surface area contributed by atoms with Crippen molar-refractivity contribution in [1.82, 2.24) is 5.32 Å². The normalized spacial score (nSPS) is 16.7. The maximum Gasteiger partial charge on any atom is 0.233 e. The van der Waals surface area contributed by atoms with E-state index < -0.39 is 0 Å². The third kappa shape index (κ3) is 3.91. The Kier molecular flexibility index (Phi) is 5.33. The molecular weight excluding hydrogens is 324 g/mol.